The molecule has 2 rings (SSSR count). The summed E-state index contributed by atoms with van der Waals surface area (Å²) in [5.74, 6) is 0. The van der Waals surface area contributed by atoms with Gasteiger partial charge in [-0.25, -0.2) is 0 Å². The molecule has 0 aliphatic heterocycles. The van der Waals surface area contributed by atoms with Gasteiger partial charge in [-0.2, -0.15) is 0 Å². The molecular formula is C12H14NO. The van der Waals surface area contributed by atoms with Gasteiger partial charge in [0.2, 0.25) is 0 Å². The van der Waals surface area contributed by atoms with E-state index in [-0.39, 0.29) is 0 Å². The summed E-state index contributed by atoms with van der Waals surface area (Å²) in [7, 11) is 0. The molecule has 0 aromatic heterocycles. The molecule has 2 nitrogen and oxygen atoms in total. The Morgan fingerprint density at radius 1 is 1.14 bits per heavy atom. The molecule has 1 aromatic carbocycles. The molecule has 0 atom stereocenters. The van der Waals surface area contributed by atoms with Crippen molar-refractivity contribution in [1.82, 2.24) is 0 Å². The number of carbonyl (C=O) groups excluding carboxylic acids is 1. The van der Waals surface area contributed by atoms with Crippen molar-refractivity contribution in [2.75, 3.05) is 4.90 Å². The lowest BCUT2D eigenvalue weighted by molar-refractivity contribution is 0.539. The van der Waals surface area contributed by atoms with E-state index in [9.17, 15) is 4.79 Å². The molecule has 1 amide bonds. The van der Waals surface area contributed by atoms with E-state index in [1.165, 1.54) is 12.8 Å². The Morgan fingerprint density at radius 3 is 2.36 bits per heavy atom. The zero-order valence-corrected chi connectivity index (χ0v) is 8.15. The van der Waals surface area contributed by atoms with Gasteiger partial charge in [-0.15, -0.1) is 0 Å². The van der Waals surface area contributed by atoms with Gasteiger partial charge in [0.15, 0.2) is 0 Å². The van der Waals surface area contributed by atoms with Crippen LogP contribution >= 0.6 is 0 Å². The highest BCUT2D eigenvalue weighted by Gasteiger charge is 2.22. The van der Waals surface area contributed by atoms with Crippen molar-refractivity contribution in [2.45, 2.75) is 31.7 Å². The molecule has 1 saturated carbocycles. The Morgan fingerprint density at radius 2 is 1.79 bits per heavy atom. The quantitative estimate of drug-likeness (QED) is 0.667. The Kier molecular flexibility index (Phi) is 2.82. The topological polar surface area (TPSA) is 20.3 Å². The highest BCUT2D eigenvalue weighted by molar-refractivity contribution is 5.76. The number of benzene rings is 1. The number of hydrogen-bond acceptors (Lipinski definition) is 1. The van der Waals surface area contributed by atoms with Gasteiger partial charge in [0.05, 0.1) is 0 Å². The SMILES string of the molecule is O=[C]N(c1ccccc1)C1CCCC1. The highest BCUT2D eigenvalue weighted by Crippen LogP contribution is 2.26. The second kappa shape index (κ2) is 4.27. The summed E-state index contributed by atoms with van der Waals surface area (Å²) in [5.41, 5.74) is 0.967. The average Bonchev–Trinajstić information content (AvgIpc) is 2.74. The Bertz CT molecular complexity index is 290. The van der Waals surface area contributed by atoms with E-state index in [1.54, 1.807) is 4.90 Å². The summed E-state index contributed by atoms with van der Waals surface area (Å²) in [5, 5.41) is 0. The van der Waals surface area contributed by atoms with E-state index in [0.29, 0.717) is 6.04 Å². The average molecular weight is 188 g/mol. The van der Waals surface area contributed by atoms with Crippen molar-refractivity contribution >= 4 is 12.1 Å². The van der Waals surface area contributed by atoms with Crippen molar-refractivity contribution in [1.29, 1.82) is 0 Å². The molecule has 1 aliphatic rings. The van der Waals surface area contributed by atoms with Crippen LogP contribution in [-0.2, 0) is 4.79 Å². The molecule has 2 heteroatoms. The van der Waals surface area contributed by atoms with Crippen LogP contribution in [0.1, 0.15) is 25.7 Å². The van der Waals surface area contributed by atoms with Gasteiger partial charge in [-0.1, -0.05) is 31.0 Å². The van der Waals surface area contributed by atoms with Crippen LogP contribution in [0.15, 0.2) is 30.3 Å². The molecule has 1 aromatic rings. The standard InChI is InChI=1S/C12H14NO/c14-10-13(12-8-4-5-9-12)11-6-2-1-3-7-11/h1-3,6-7,12H,4-5,8-9H2. The molecule has 1 aliphatic carbocycles. The maximum Gasteiger partial charge on any atom is 0.317 e. The van der Waals surface area contributed by atoms with Crippen LogP contribution < -0.4 is 4.90 Å². The molecule has 73 valence electrons. The van der Waals surface area contributed by atoms with E-state index in [1.807, 2.05) is 36.7 Å². The minimum absolute atomic E-state index is 0.370. The van der Waals surface area contributed by atoms with Crippen LogP contribution in [0.4, 0.5) is 5.69 Å². The van der Waals surface area contributed by atoms with E-state index in [4.69, 9.17) is 0 Å². The molecule has 0 saturated heterocycles. The summed E-state index contributed by atoms with van der Waals surface area (Å²) in [6.45, 7) is 0. The van der Waals surface area contributed by atoms with Crippen LogP contribution in [0, 0.1) is 0 Å². The predicted octanol–water partition coefficient (Wildman–Crippen LogP) is 2.50. The molecule has 0 heterocycles. The Balaban J connectivity index is 2.16. The van der Waals surface area contributed by atoms with Gasteiger partial charge in [-0.05, 0) is 25.0 Å². The minimum atomic E-state index is 0.370. The smallest absolute Gasteiger partial charge is 0.301 e. The first kappa shape index (κ1) is 9.25. The van der Waals surface area contributed by atoms with Gasteiger partial charge < -0.3 is 4.90 Å². The lowest BCUT2D eigenvalue weighted by Crippen LogP contribution is -2.31. The monoisotopic (exact) mass is 188 g/mol. The Hall–Kier alpha value is -1.31. The molecular weight excluding hydrogens is 174 g/mol. The fourth-order valence-electron chi connectivity index (χ4n) is 2.09. The summed E-state index contributed by atoms with van der Waals surface area (Å²) in [6, 6.07) is 10.2. The Labute approximate surface area is 84.5 Å². The molecule has 1 radical (unpaired) electrons. The largest absolute Gasteiger partial charge is 0.317 e. The number of nitrogens with zero attached hydrogens (tertiary/aromatic N) is 1. The number of para-hydroxylation sites is 1. The van der Waals surface area contributed by atoms with Gasteiger partial charge in [0.25, 0.3) is 0 Å². The lowest BCUT2D eigenvalue weighted by atomic mass is 10.2. The first-order chi connectivity index (χ1) is 6.92. The molecule has 14 heavy (non-hydrogen) atoms. The van der Waals surface area contributed by atoms with Crippen LogP contribution in [0.5, 0.6) is 0 Å². The number of rotatable bonds is 3. The summed E-state index contributed by atoms with van der Waals surface area (Å²) >= 11 is 0. The number of hydrogen-bond donors (Lipinski definition) is 0. The van der Waals surface area contributed by atoms with Crippen LogP contribution in [0.25, 0.3) is 0 Å². The van der Waals surface area contributed by atoms with E-state index in [2.05, 4.69) is 0 Å². The molecule has 1 fully saturated rings. The second-order valence-corrected chi connectivity index (χ2v) is 3.74. The minimum Gasteiger partial charge on any atom is -0.301 e. The van der Waals surface area contributed by atoms with E-state index in [0.717, 1.165) is 18.5 Å². The normalized spacial score (nSPS) is 16.9. The summed E-state index contributed by atoms with van der Waals surface area (Å²) in [6.07, 6.45) is 6.74. The van der Waals surface area contributed by atoms with E-state index < -0.39 is 0 Å². The number of amides is 1. The third-order valence-corrected chi connectivity index (χ3v) is 2.82. The predicted molar refractivity (Wildman–Crippen MR) is 56.9 cm³/mol. The first-order valence-corrected chi connectivity index (χ1v) is 5.14. The lowest BCUT2D eigenvalue weighted by Gasteiger charge is -2.23. The van der Waals surface area contributed by atoms with Gasteiger partial charge in [-0.3, -0.25) is 4.79 Å². The van der Waals surface area contributed by atoms with Crippen molar-refractivity contribution < 1.29 is 4.79 Å². The first-order valence-electron chi connectivity index (χ1n) is 5.14. The van der Waals surface area contributed by atoms with E-state index >= 15 is 0 Å². The third-order valence-electron chi connectivity index (χ3n) is 2.82. The van der Waals surface area contributed by atoms with Gasteiger partial charge in [0, 0.05) is 11.7 Å². The second-order valence-electron chi connectivity index (χ2n) is 3.74. The van der Waals surface area contributed by atoms with Crippen LogP contribution in [0.2, 0.25) is 0 Å². The zero-order valence-electron chi connectivity index (χ0n) is 8.15. The maximum absolute atomic E-state index is 10.9. The fourth-order valence-corrected chi connectivity index (χ4v) is 2.09. The molecule has 0 bridgehead atoms. The zero-order chi connectivity index (χ0) is 9.80. The van der Waals surface area contributed by atoms with Crippen molar-refractivity contribution in [2.24, 2.45) is 0 Å². The fraction of sp³-hybridized carbons (Fsp3) is 0.417. The molecule has 0 spiro atoms. The molecule has 0 unspecified atom stereocenters. The van der Waals surface area contributed by atoms with Crippen LogP contribution in [0.3, 0.4) is 0 Å². The van der Waals surface area contributed by atoms with Gasteiger partial charge >= 0.3 is 6.41 Å². The third kappa shape index (κ3) is 1.79. The highest BCUT2D eigenvalue weighted by atomic mass is 16.1. The van der Waals surface area contributed by atoms with Crippen molar-refractivity contribution in [3.05, 3.63) is 30.3 Å². The van der Waals surface area contributed by atoms with Crippen LogP contribution in [-0.4, -0.2) is 12.5 Å². The molecule has 0 N–H and O–H groups in total. The van der Waals surface area contributed by atoms with Gasteiger partial charge in [0.1, 0.15) is 0 Å². The van der Waals surface area contributed by atoms with Crippen molar-refractivity contribution in [3.63, 3.8) is 0 Å². The van der Waals surface area contributed by atoms with Crippen molar-refractivity contribution in [3.8, 4) is 0 Å². The maximum atomic E-state index is 10.9. The summed E-state index contributed by atoms with van der Waals surface area (Å²) < 4.78 is 0. The number of anilines is 1. The summed E-state index contributed by atoms with van der Waals surface area (Å²) in [4.78, 5) is 12.6.